The molecule has 1 aromatic heterocycles. The third kappa shape index (κ3) is 3.65. The summed E-state index contributed by atoms with van der Waals surface area (Å²) in [5.41, 5.74) is 3.06. The van der Waals surface area contributed by atoms with E-state index in [1.54, 1.807) is 9.80 Å². The van der Waals surface area contributed by atoms with Gasteiger partial charge >= 0.3 is 0 Å². The van der Waals surface area contributed by atoms with E-state index >= 15 is 0 Å². The zero-order valence-electron chi connectivity index (χ0n) is 16.0. The first kappa shape index (κ1) is 19.0. The molecule has 1 unspecified atom stereocenters. The molecule has 150 valence electrons. The number of amides is 2. The molecular weight excluding hydrogens is 378 g/mol. The van der Waals surface area contributed by atoms with Gasteiger partial charge in [0.15, 0.2) is 9.84 Å². The highest BCUT2D eigenvalue weighted by Crippen LogP contribution is 2.24. The van der Waals surface area contributed by atoms with E-state index in [1.807, 2.05) is 31.2 Å². The summed E-state index contributed by atoms with van der Waals surface area (Å²) in [6.45, 7) is 3.90. The van der Waals surface area contributed by atoms with Crippen LogP contribution in [0, 0.1) is 12.8 Å². The molecule has 28 heavy (non-hydrogen) atoms. The van der Waals surface area contributed by atoms with Crippen LogP contribution >= 0.6 is 0 Å². The molecule has 0 spiro atoms. The summed E-state index contributed by atoms with van der Waals surface area (Å²) in [5.74, 6) is -0.374. The Morgan fingerprint density at radius 1 is 1.11 bits per heavy atom. The monoisotopic (exact) mass is 403 g/mol. The van der Waals surface area contributed by atoms with Gasteiger partial charge < -0.3 is 14.8 Å². The Labute approximate surface area is 164 Å². The molecule has 2 aliphatic rings. The molecule has 2 aliphatic heterocycles. The Bertz CT molecular complexity index is 1020. The molecule has 0 radical (unpaired) electrons. The van der Waals surface area contributed by atoms with Gasteiger partial charge in [-0.1, -0.05) is 18.2 Å². The molecule has 0 bridgehead atoms. The molecule has 2 amide bonds. The van der Waals surface area contributed by atoms with Crippen molar-refractivity contribution in [3.05, 3.63) is 35.5 Å². The zero-order chi connectivity index (χ0) is 19.9. The lowest BCUT2D eigenvalue weighted by Gasteiger charge is -2.36. The van der Waals surface area contributed by atoms with E-state index in [2.05, 4.69) is 4.98 Å². The van der Waals surface area contributed by atoms with E-state index in [0.717, 1.165) is 22.2 Å². The third-order valence-electron chi connectivity index (χ3n) is 5.88. The standard InChI is InChI=1S/C20H25N3O4S/c1-14-17(16-4-2-3-5-18(16)21-14)12-19(24)22-7-9-23(10-8-22)20(25)15-6-11-28(26,27)13-15/h2-5,15,21H,6-13H2,1H3. The molecule has 1 N–H and O–H groups in total. The van der Waals surface area contributed by atoms with Gasteiger partial charge in [-0.15, -0.1) is 0 Å². The quantitative estimate of drug-likeness (QED) is 0.832. The maximum absolute atomic E-state index is 12.8. The lowest BCUT2D eigenvalue weighted by atomic mass is 10.1. The number of aromatic amines is 1. The van der Waals surface area contributed by atoms with Crippen LogP contribution in [0.15, 0.2) is 24.3 Å². The molecule has 1 atom stereocenters. The van der Waals surface area contributed by atoms with Gasteiger partial charge in [0.1, 0.15) is 0 Å². The van der Waals surface area contributed by atoms with E-state index in [4.69, 9.17) is 0 Å². The van der Waals surface area contributed by atoms with Gasteiger partial charge in [0, 0.05) is 42.8 Å². The van der Waals surface area contributed by atoms with E-state index < -0.39 is 15.8 Å². The van der Waals surface area contributed by atoms with Crippen LogP contribution in [0.5, 0.6) is 0 Å². The number of rotatable bonds is 3. The van der Waals surface area contributed by atoms with Crippen molar-refractivity contribution in [2.24, 2.45) is 5.92 Å². The number of fused-ring (bicyclic) bond motifs is 1. The molecule has 3 heterocycles. The molecule has 1 aromatic carbocycles. The number of carbonyl (C=O) groups excluding carboxylic acids is 2. The van der Waals surface area contributed by atoms with Crippen LogP contribution in [0.3, 0.4) is 0 Å². The molecular formula is C20H25N3O4S. The van der Waals surface area contributed by atoms with Crippen LogP contribution in [0.2, 0.25) is 0 Å². The van der Waals surface area contributed by atoms with Crippen molar-refractivity contribution in [3.63, 3.8) is 0 Å². The summed E-state index contributed by atoms with van der Waals surface area (Å²) < 4.78 is 23.2. The Hall–Kier alpha value is -2.35. The van der Waals surface area contributed by atoms with Crippen molar-refractivity contribution in [1.29, 1.82) is 0 Å². The average molecular weight is 404 g/mol. The minimum absolute atomic E-state index is 0.0369. The van der Waals surface area contributed by atoms with Crippen LogP contribution in [-0.4, -0.2) is 72.7 Å². The number of para-hydroxylation sites is 1. The average Bonchev–Trinajstić information content (AvgIpc) is 3.20. The Kier molecular flexibility index (Phi) is 4.91. The Morgan fingerprint density at radius 3 is 2.46 bits per heavy atom. The summed E-state index contributed by atoms with van der Waals surface area (Å²) >= 11 is 0. The number of nitrogens with one attached hydrogen (secondary N) is 1. The first-order valence-corrected chi connectivity index (χ1v) is 11.5. The van der Waals surface area contributed by atoms with Gasteiger partial charge in [0.2, 0.25) is 11.8 Å². The molecule has 0 saturated carbocycles. The number of piperazine rings is 1. The number of nitrogens with zero attached hydrogens (tertiary/aromatic N) is 2. The predicted molar refractivity (Wildman–Crippen MR) is 107 cm³/mol. The van der Waals surface area contributed by atoms with Crippen molar-refractivity contribution in [1.82, 2.24) is 14.8 Å². The van der Waals surface area contributed by atoms with E-state index in [-0.39, 0.29) is 23.3 Å². The van der Waals surface area contributed by atoms with Crippen molar-refractivity contribution < 1.29 is 18.0 Å². The Morgan fingerprint density at radius 2 is 1.79 bits per heavy atom. The third-order valence-corrected chi connectivity index (χ3v) is 7.65. The second-order valence-corrected chi connectivity index (χ2v) is 9.99. The number of hydrogen-bond acceptors (Lipinski definition) is 4. The van der Waals surface area contributed by atoms with Gasteiger partial charge in [-0.2, -0.15) is 0 Å². The maximum Gasteiger partial charge on any atom is 0.227 e. The lowest BCUT2D eigenvalue weighted by Crippen LogP contribution is -2.52. The van der Waals surface area contributed by atoms with Crippen molar-refractivity contribution in [2.75, 3.05) is 37.7 Å². The normalized spacial score (nSPS) is 22.0. The van der Waals surface area contributed by atoms with Crippen LogP contribution in [0.25, 0.3) is 10.9 Å². The number of carbonyl (C=O) groups is 2. The minimum Gasteiger partial charge on any atom is -0.358 e. The van der Waals surface area contributed by atoms with Crippen LogP contribution in [0.4, 0.5) is 0 Å². The fourth-order valence-electron chi connectivity index (χ4n) is 4.25. The molecule has 7 nitrogen and oxygen atoms in total. The van der Waals surface area contributed by atoms with E-state index in [1.165, 1.54) is 0 Å². The smallest absolute Gasteiger partial charge is 0.227 e. The first-order valence-electron chi connectivity index (χ1n) is 9.67. The van der Waals surface area contributed by atoms with Crippen LogP contribution < -0.4 is 0 Å². The highest BCUT2D eigenvalue weighted by molar-refractivity contribution is 7.91. The number of benzene rings is 1. The van der Waals surface area contributed by atoms with Crippen LogP contribution in [-0.2, 0) is 25.8 Å². The number of sulfone groups is 1. The fourth-order valence-corrected chi connectivity index (χ4v) is 5.98. The SMILES string of the molecule is Cc1[nH]c2ccccc2c1CC(=O)N1CCN(C(=O)C2CCS(=O)(=O)C2)CC1. The molecule has 2 aromatic rings. The van der Waals surface area contributed by atoms with Crippen LogP contribution in [0.1, 0.15) is 17.7 Å². The molecule has 2 fully saturated rings. The zero-order valence-corrected chi connectivity index (χ0v) is 16.8. The largest absolute Gasteiger partial charge is 0.358 e. The lowest BCUT2D eigenvalue weighted by molar-refractivity contribution is -0.141. The minimum atomic E-state index is -3.07. The Balaban J connectivity index is 1.36. The summed E-state index contributed by atoms with van der Waals surface area (Å²) in [4.78, 5) is 32.2. The molecule has 8 heteroatoms. The second kappa shape index (κ2) is 7.24. The van der Waals surface area contributed by atoms with Crippen molar-refractivity contribution >= 4 is 32.6 Å². The summed E-state index contributed by atoms with van der Waals surface area (Å²) in [6.07, 6.45) is 0.755. The maximum atomic E-state index is 12.8. The number of H-pyrrole nitrogens is 1. The van der Waals surface area contributed by atoms with Gasteiger partial charge in [0.05, 0.1) is 23.8 Å². The molecule has 2 saturated heterocycles. The van der Waals surface area contributed by atoms with Crippen molar-refractivity contribution in [2.45, 2.75) is 19.8 Å². The summed E-state index contributed by atoms with van der Waals surface area (Å²) in [5, 5.41) is 1.07. The van der Waals surface area contributed by atoms with E-state index in [0.29, 0.717) is 39.0 Å². The van der Waals surface area contributed by atoms with Gasteiger partial charge in [-0.25, -0.2) is 8.42 Å². The number of aromatic nitrogens is 1. The number of aryl methyl sites for hydroxylation is 1. The molecule has 4 rings (SSSR count). The summed E-state index contributed by atoms with van der Waals surface area (Å²) in [7, 11) is -3.07. The second-order valence-electron chi connectivity index (χ2n) is 7.76. The molecule has 0 aliphatic carbocycles. The fraction of sp³-hybridized carbons (Fsp3) is 0.500. The van der Waals surface area contributed by atoms with Crippen molar-refractivity contribution in [3.8, 4) is 0 Å². The number of hydrogen-bond donors (Lipinski definition) is 1. The summed E-state index contributed by atoms with van der Waals surface area (Å²) in [6, 6.07) is 7.96. The van der Waals surface area contributed by atoms with Gasteiger partial charge in [-0.05, 0) is 25.0 Å². The predicted octanol–water partition coefficient (Wildman–Crippen LogP) is 1.12. The van der Waals surface area contributed by atoms with E-state index in [9.17, 15) is 18.0 Å². The first-order chi connectivity index (χ1) is 13.3. The highest BCUT2D eigenvalue weighted by atomic mass is 32.2. The topological polar surface area (TPSA) is 90.6 Å². The highest BCUT2D eigenvalue weighted by Gasteiger charge is 2.36. The van der Waals surface area contributed by atoms with Gasteiger partial charge in [-0.3, -0.25) is 9.59 Å². The van der Waals surface area contributed by atoms with Gasteiger partial charge in [0.25, 0.3) is 0 Å².